The van der Waals surface area contributed by atoms with Crippen LogP contribution < -0.4 is 9.64 Å². The summed E-state index contributed by atoms with van der Waals surface area (Å²) in [7, 11) is 0. The molecule has 1 heterocycles. The van der Waals surface area contributed by atoms with E-state index in [-0.39, 0.29) is 41.4 Å². The molecule has 174 valence electrons. The van der Waals surface area contributed by atoms with Gasteiger partial charge in [0.05, 0.1) is 32.4 Å². The molecule has 1 aromatic heterocycles. The van der Waals surface area contributed by atoms with Gasteiger partial charge in [0.1, 0.15) is 5.75 Å². The molecule has 0 bridgehead atoms. The van der Waals surface area contributed by atoms with Crippen LogP contribution in [0.5, 0.6) is 5.75 Å². The molecular formula is C23H13Cl5N2O3S. The fourth-order valence-corrected chi connectivity index (χ4v) is 5.67. The number of ether oxygens (including phenoxy) is 1. The number of carbonyl (C=O) groups is 2. The number of fused-ring (bicyclic) bond motifs is 1. The molecule has 2 amide bonds. The predicted molar refractivity (Wildman–Crippen MR) is 140 cm³/mol. The first-order valence-electron chi connectivity index (χ1n) is 9.70. The Kier molecular flexibility index (Phi) is 7.57. The number of hydrogen-bond donors (Lipinski definition) is 0. The summed E-state index contributed by atoms with van der Waals surface area (Å²) in [6.45, 7) is 2.36. The number of thiazole rings is 1. The summed E-state index contributed by atoms with van der Waals surface area (Å²) in [5.41, 5.74) is 0.566. The van der Waals surface area contributed by atoms with Crippen molar-refractivity contribution in [1.29, 1.82) is 0 Å². The van der Waals surface area contributed by atoms with Gasteiger partial charge in [-0.05, 0) is 55.5 Å². The first-order chi connectivity index (χ1) is 16.2. The number of anilines is 1. The van der Waals surface area contributed by atoms with Crippen LogP contribution in [0.3, 0.4) is 0 Å². The molecule has 0 aliphatic carbocycles. The van der Waals surface area contributed by atoms with Crippen molar-refractivity contribution in [1.82, 2.24) is 4.98 Å². The molecule has 11 heteroatoms. The van der Waals surface area contributed by atoms with Crippen LogP contribution in [0.15, 0.2) is 48.5 Å². The molecule has 0 unspecified atom stereocenters. The minimum atomic E-state index is -0.781. The van der Waals surface area contributed by atoms with E-state index in [0.29, 0.717) is 22.6 Å². The van der Waals surface area contributed by atoms with Gasteiger partial charge in [-0.1, -0.05) is 69.3 Å². The van der Waals surface area contributed by atoms with E-state index in [4.69, 9.17) is 62.7 Å². The second-order valence-electron chi connectivity index (χ2n) is 6.91. The van der Waals surface area contributed by atoms with E-state index in [0.717, 1.165) is 16.2 Å². The van der Waals surface area contributed by atoms with Gasteiger partial charge in [0.25, 0.3) is 11.8 Å². The van der Waals surface area contributed by atoms with Crippen LogP contribution in [0, 0.1) is 0 Å². The van der Waals surface area contributed by atoms with Crippen molar-refractivity contribution in [2.24, 2.45) is 0 Å². The lowest BCUT2D eigenvalue weighted by atomic mass is 10.1. The third-order valence-electron chi connectivity index (χ3n) is 4.59. The van der Waals surface area contributed by atoms with Gasteiger partial charge in [-0.2, -0.15) is 0 Å². The molecular weight excluding hydrogens is 562 g/mol. The van der Waals surface area contributed by atoms with Crippen molar-refractivity contribution >= 4 is 96.5 Å². The lowest BCUT2D eigenvalue weighted by Crippen LogP contribution is -2.37. The standard InChI is InChI=1S/C23H13Cl5N2O3S/c1-2-33-15-3-4-18-19(10-15)34-23(29-18)30(21(31)11-5-12(24)7-13(25)6-11)22(32)20-16(27)8-14(26)9-17(20)28/h3-10H,2H2,1H3. The number of imide groups is 1. The Balaban J connectivity index is 1.89. The van der Waals surface area contributed by atoms with Crippen LogP contribution in [-0.4, -0.2) is 23.4 Å². The first-order valence-corrected chi connectivity index (χ1v) is 12.4. The minimum Gasteiger partial charge on any atom is -0.494 e. The maximum Gasteiger partial charge on any atom is 0.270 e. The van der Waals surface area contributed by atoms with E-state index in [1.54, 1.807) is 18.2 Å². The maximum absolute atomic E-state index is 13.7. The van der Waals surface area contributed by atoms with E-state index in [9.17, 15) is 9.59 Å². The highest BCUT2D eigenvalue weighted by atomic mass is 35.5. The molecule has 5 nitrogen and oxygen atoms in total. The quantitative estimate of drug-likeness (QED) is 0.224. The van der Waals surface area contributed by atoms with E-state index < -0.39 is 11.8 Å². The zero-order valence-corrected chi connectivity index (χ0v) is 21.8. The van der Waals surface area contributed by atoms with Crippen LogP contribution in [0.25, 0.3) is 10.2 Å². The highest BCUT2D eigenvalue weighted by Crippen LogP contribution is 2.36. The lowest BCUT2D eigenvalue weighted by Gasteiger charge is -2.20. The molecule has 0 saturated carbocycles. The topological polar surface area (TPSA) is 59.5 Å². The minimum absolute atomic E-state index is 0.0100. The van der Waals surface area contributed by atoms with E-state index in [1.807, 2.05) is 6.92 Å². The molecule has 0 aliphatic heterocycles. The van der Waals surface area contributed by atoms with Crippen molar-refractivity contribution in [3.8, 4) is 5.75 Å². The molecule has 34 heavy (non-hydrogen) atoms. The molecule has 4 rings (SSSR count). The second-order valence-corrected chi connectivity index (χ2v) is 10.0. The first kappa shape index (κ1) is 25.0. The Bertz CT molecular complexity index is 1400. The summed E-state index contributed by atoms with van der Waals surface area (Å²) in [4.78, 5) is 32.7. The summed E-state index contributed by atoms with van der Waals surface area (Å²) < 4.78 is 6.25. The van der Waals surface area contributed by atoms with Gasteiger partial charge in [-0.25, -0.2) is 9.88 Å². The number of hydrogen-bond acceptors (Lipinski definition) is 5. The van der Waals surface area contributed by atoms with Crippen molar-refractivity contribution in [2.75, 3.05) is 11.5 Å². The molecule has 3 aromatic carbocycles. The number of rotatable bonds is 5. The van der Waals surface area contributed by atoms with E-state index in [2.05, 4.69) is 4.98 Å². The number of halogens is 5. The van der Waals surface area contributed by atoms with Gasteiger partial charge >= 0.3 is 0 Å². The summed E-state index contributed by atoms with van der Waals surface area (Å²) >= 11 is 31.9. The summed E-state index contributed by atoms with van der Waals surface area (Å²) in [6.07, 6.45) is 0. The Morgan fingerprint density at radius 1 is 0.882 bits per heavy atom. The predicted octanol–water partition coefficient (Wildman–Crippen LogP) is 8.45. The maximum atomic E-state index is 13.7. The zero-order valence-electron chi connectivity index (χ0n) is 17.2. The summed E-state index contributed by atoms with van der Waals surface area (Å²) in [5, 5.41) is 0.799. The molecule has 4 aromatic rings. The average Bonchev–Trinajstić information content (AvgIpc) is 3.15. The lowest BCUT2D eigenvalue weighted by molar-refractivity contribution is 0.0898. The highest BCUT2D eigenvalue weighted by Gasteiger charge is 2.32. The van der Waals surface area contributed by atoms with Crippen LogP contribution in [0.1, 0.15) is 27.6 Å². The van der Waals surface area contributed by atoms with Gasteiger partial charge < -0.3 is 4.74 Å². The normalized spacial score (nSPS) is 11.0. The van der Waals surface area contributed by atoms with Crippen molar-refractivity contribution in [3.63, 3.8) is 0 Å². The summed E-state index contributed by atoms with van der Waals surface area (Å²) in [5.74, 6) is -0.850. The van der Waals surface area contributed by atoms with Gasteiger partial charge in [0, 0.05) is 20.6 Å². The molecule has 0 saturated heterocycles. The monoisotopic (exact) mass is 572 g/mol. The molecule has 0 fully saturated rings. The zero-order chi connectivity index (χ0) is 24.6. The number of benzene rings is 3. The van der Waals surface area contributed by atoms with Crippen LogP contribution in [-0.2, 0) is 0 Å². The Morgan fingerprint density at radius 2 is 1.50 bits per heavy atom. The number of nitrogens with zero attached hydrogens (tertiary/aromatic N) is 2. The molecule has 0 radical (unpaired) electrons. The van der Waals surface area contributed by atoms with Crippen LogP contribution >= 0.6 is 69.3 Å². The SMILES string of the molecule is CCOc1ccc2nc(N(C(=O)c3cc(Cl)cc(Cl)c3)C(=O)c3c(Cl)cc(Cl)cc3Cl)sc2c1. The highest BCUT2D eigenvalue weighted by molar-refractivity contribution is 7.22. The van der Waals surface area contributed by atoms with E-state index >= 15 is 0 Å². The van der Waals surface area contributed by atoms with Gasteiger partial charge in [0.15, 0.2) is 0 Å². The number of aromatic nitrogens is 1. The van der Waals surface area contributed by atoms with Crippen molar-refractivity contribution in [3.05, 3.63) is 84.8 Å². The average molecular weight is 575 g/mol. The van der Waals surface area contributed by atoms with E-state index in [1.165, 1.54) is 30.3 Å². The Labute approximate surface area is 223 Å². The second kappa shape index (κ2) is 10.3. The largest absolute Gasteiger partial charge is 0.494 e. The van der Waals surface area contributed by atoms with Crippen molar-refractivity contribution in [2.45, 2.75) is 6.92 Å². The molecule has 0 spiro atoms. The molecule has 0 aliphatic rings. The third-order valence-corrected chi connectivity index (χ3v) is 6.84. The Hall–Kier alpha value is -2.06. The number of amides is 2. The van der Waals surface area contributed by atoms with Gasteiger partial charge in [-0.15, -0.1) is 0 Å². The molecule has 0 N–H and O–H groups in total. The molecule has 0 atom stereocenters. The van der Waals surface area contributed by atoms with Crippen molar-refractivity contribution < 1.29 is 14.3 Å². The fraction of sp³-hybridized carbons (Fsp3) is 0.0870. The fourth-order valence-electron chi connectivity index (χ4n) is 3.18. The number of carbonyl (C=O) groups excluding carboxylic acids is 2. The smallest absolute Gasteiger partial charge is 0.270 e. The van der Waals surface area contributed by atoms with Gasteiger partial charge in [0.2, 0.25) is 5.13 Å². The summed E-state index contributed by atoms with van der Waals surface area (Å²) in [6, 6.07) is 12.3. The van der Waals surface area contributed by atoms with Crippen LogP contribution in [0.4, 0.5) is 5.13 Å². The third kappa shape index (κ3) is 5.13. The Morgan fingerprint density at radius 3 is 2.12 bits per heavy atom. The van der Waals surface area contributed by atoms with Gasteiger partial charge in [-0.3, -0.25) is 9.59 Å². The van der Waals surface area contributed by atoms with Crippen LogP contribution in [0.2, 0.25) is 25.1 Å².